The third kappa shape index (κ3) is 1.71. The summed E-state index contributed by atoms with van der Waals surface area (Å²) in [5, 5.41) is 1.86. The summed E-state index contributed by atoms with van der Waals surface area (Å²) in [4.78, 5) is 13.9. The van der Waals surface area contributed by atoms with Gasteiger partial charge in [0.05, 0.1) is 9.88 Å². The number of hydrogen-bond donors (Lipinski definition) is 1. The van der Waals surface area contributed by atoms with E-state index < -0.39 is 0 Å². The molecule has 0 saturated carbocycles. The smallest absolute Gasteiger partial charge is 0.305 e. The summed E-state index contributed by atoms with van der Waals surface area (Å²) >= 11 is 1.19. The largest absolute Gasteiger partial charge is 0.351 e. The van der Waals surface area contributed by atoms with E-state index in [-0.39, 0.29) is 4.87 Å². The lowest BCUT2D eigenvalue weighted by Crippen LogP contribution is -2.19. The SMILES string of the molecule is C=c1[nH]c(=O)s/c1=C\c1cccc2c1ccn2C. The first-order chi connectivity index (χ1) is 8.65. The Hall–Kier alpha value is -2.07. The molecule has 1 aromatic carbocycles. The number of aromatic amines is 1. The van der Waals surface area contributed by atoms with Crippen molar-refractivity contribution in [2.75, 3.05) is 0 Å². The Morgan fingerprint density at radius 2 is 2.22 bits per heavy atom. The molecular weight excluding hydrogens is 244 g/mol. The number of thiazole rings is 1. The first kappa shape index (κ1) is 11.0. The molecule has 0 bridgehead atoms. The van der Waals surface area contributed by atoms with Gasteiger partial charge in [-0.2, -0.15) is 0 Å². The molecule has 0 saturated heterocycles. The van der Waals surface area contributed by atoms with Gasteiger partial charge >= 0.3 is 4.87 Å². The summed E-state index contributed by atoms with van der Waals surface area (Å²) in [5.41, 5.74) is 2.28. The molecule has 0 aliphatic carbocycles. The summed E-state index contributed by atoms with van der Waals surface area (Å²) in [6.45, 7) is 3.84. The lowest BCUT2D eigenvalue weighted by molar-refractivity contribution is 0.969. The Balaban J connectivity index is 2.34. The second-order valence-electron chi connectivity index (χ2n) is 4.21. The van der Waals surface area contributed by atoms with Crippen molar-refractivity contribution in [3.05, 3.63) is 55.6 Å². The van der Waals surface area contributed by atoms with E-state index in [9.17, 15) is 4.79 Å². The molecular formula is C14H12N2OS. The Morgan fingerprint density at radius 1 is 1.39 bits per heavy atom. The minimum Gasteiger partial charge on any atom is -0.351 e. The molecule has 2 aromatic heterocycles. The van der Waals surface area contributed by atoms with E-state index in [0.717, 1.165) is 10.1 Å². The first-order valence-electron chi connectivity index (χ1n) is 5.59. The van der Waals surface area contributed by atoms with Crippen LogP contribution in [0.2, 0.25) is 0 Å². The fraction of sp³-hybridized carbons (Fsp3) is 0.0714. The zero-order valence-electron chi connectivity index (χ0n) is 9.93. The van der Waals surface area contributed by atoms with Crippen molar-refractivity contribution >= 4 is 34.9 Å². The molecule has 0 fully saturated rings. The molecule has 2 heterocycles. The summed E-state index contributed by atoms with van der Waals surface area (Å²) in [6.07, 6.45) is 4.04. The average molecular weight is 256 g/mol. The molecule has 90 valence electrons. The molecule has 0 spiro atoms. The summed E-state index contributed by atoms with van der Waals surface area (Å²) in [6, 6.07) is 8.23. The minimum absolute atomic E-state index is 0.0634. The number of fused-ring (bicyclic) bond motifs is 1. The highest BCUT2D eigenvalue weighted by atomic mass is 32.1. The van der Waals surface area contributed by atoms with Crippen LogP contribution in [0.1, 0.15) is 5.56 Å². The van der Waals surface area contributed by atoms with Gasteiger partial charge in [-0.1, -0.05) is 30.0 Å². The van der Waals surface area contributed by atoms with Crippen LogP contribution in [-0.4, -0.2) is 9.55 Å². The van der Waals surface area contributed by atoms with Crippen molar-refractivity contribution in [1.82, 2.24) is 9.55 Å². The van der Waals surface area contributed by atoms with Crippen LogP contribution in [0.3, 0.4) is 0 Å². The van der Waals surface area contributed by atoms with Gasteiger partial charge in [0.2, 0.25) is 0 Å². The summed E-state index contributed by atoms with van der Waals surface area (Å²) < 4.78 is 2.97. The molecule has 3 nitrogen and oxygen atoms in total. The van der Waals surface area contributed by atoms with E-state index in [2.05, 4.69) is 28.3 Å². The number of aromatic nitrogens is 2. The number of nitrogens with one attached hydrogen (secondary N) is 1. The van der Waals surface area contributed by atoms with Gasteiger partial charge in [0.1, 0.15) is 0 Å². The van der Waals surface area contributed by atoms with Crippen molar-refractivity contribution in [3.63, 3.8) is 0 Å². The molecule has 0 aliphatic rings. The molecule has 0 amide bonds. The maximum atomic E-state index is 11.3. The lowest BCUT2D eigenvalue weighted by Gasteiger charge is -1.98. The molecule has 0 atom stereocenters. The topological polar surface area (TPSA) is 37.8 Å². The number of nitrogens with zero attached hydrogens (tertiary/aromatic N) is 1. The molecule has 3 aromatic rings. The molecule has 3 rings (SSSR count). The highest BCUT2D eigenvalue weighted by molar-refractivity contribution is 7.07. The van der Waals surface area contributed by atoms with Crippen molar-refractivity contribution < 1.29 is 0 Å². The van der Waals surface area contributed by atoms with E-state index >= 15 is 0 Å². The molecule has 0 aliphatic heterocycles. The van der Waals surface area contributed by atoms with Gasteiger partial charge in [-0.05, 0) is 23.8 Å². The zero-order chi connectivity index (χ0) is 12.7. The quantitative estimate of drug-likeness (QED) is 0.697. The van der Waals surface area contributed by atoms with Crippen LogP contribution in [0.25, 0.3) is 23.6 Å². The van der Waals surface area contributed by atoms with Crippen LogP contribution in [0.15, 0.2) is 35.3 Å². The van der Waals surface area contributed by atoms with E-state index in [0.29, 0.717) is 5.35 Å². The zero-order valence-corrected chi connectivity index (χ0v) is 10.8. The maximum absolute atomic E-state index is 11.3. The highest BCUT2D eigenvalue weighted by Gasteiger charge is 2.01. The number of aryl methyl sites for hydroxylation is 1. The van der Waals surface area contributed by atoms with Gasteiger partial charge in [0, 0.05) is 24.1 Å². The first-order valence-corrected chi connectivity index (χ1v) is 6.40. The lowest BCUT2D eigenvalue weighted by atomic mass is 10.1. The molecule has 0 unspecified atom stereocenters. The number of H-pyrrole nitrogens is 1. The second-order valence-corrected chi connectivity index (χ2v) is 5.22. The van der Waals surface area contributed by atoms with Gasteiger partial charge < -0.3 is 9.55 Å². The third-order valence-electron chi connectivity index (χ3n) is 3.00. The van der Waals surface area contributed by atoms with E-state index in [1.807, 2.05) is 31.5 Å². The Morgan fingerprint density at radius 3 is 2.94 bits per heavy atom. The number of hydrogen-bond acceptors (Lipinski definition) is 2. The average Bonchev–Trinajstić information content (AvgIpc) is 2.85. The van der Waals surface area contributed by atoms with Crippen LogP contribution in [0, 0.1) is 0 Å². The van der Waals surface area contributed by atoms with Gasteiger partial charge in [0.25, 0.3) is 0 Å². The summed E-state index contributed by atoms with van der Waals surface area (Å²) in [5.74, 6) is 0. The third-order valence-corrected chi connectivity index (χ3v) is 3.87. The number of benzene rings is 1. The Labute approximate surface area is 107 Å². The highest BCUT2D eigenvalue weighted by Crippen LogP contribution is 2.19. The van der Waals surface area contributed by atoms with Crippen molar-refractivity contribution in [2.45, 2.75) is 0 Å². The maximum Gasteiger partial charge on any atom is 0.305 e. The minimum atomic E-state index is -0.0634. The number of rotatable bonds is 1. The predicted molar refractivity (Wildman–Crippen MR) is 76.2 cm³/mol. The Bertz CT molecular complexity index is 883. The predicted octanol–water partition coefficient (Wildman–Crippen LogP) is 1.17. The van der Waals surface area contributed by atoms with Gasteiger partial charge in [0.15, 0.2) is 0 Å². The Kier molecular flexibility index (Phi) is 2.45. The second kappa shape index (κ2) is 3.99. The summed E-state index contributed by atoms with van der Waals surface area (Å²) in [7, 11) is 2.02. The van der Waals surface area contributed by atoms with Crippen LogP contribution >= 0.6 is 11.3 Å². The standard InChI is InChI=1S/C14H12N2OS/c1-9-13(18-14(17)15-9)8-10-4-3-5-12-11(10)6-7-16(12)2/h3-8H,1H2,2H3,(H,15,17)/b13-8-. The van der Waals surface area contributed by atoms with Gasteiger partial charge in [-0.25, -0.2) is 0 Å². The van der Waals surface area contributed by atoms with E-state index in [1.165, 1.54) is 22.2 Å². The van der Waals surface area contributed by atoms with Crippen molar-refractivity contribution in [2.24, 2.45) is 7.05 Å². The van der Waals surface area contributed by atoms with Gasteiger partial charge in [-0.15, -0.1) is 0 Å². The van der Waals surface area contributed by atoms with Crippen LogP contribution in [0.5, 0.6) is 0 Å². The van der Waals surface area contributed by atoms with Crippen LogP contribution in [0.4, 0.5) is 0 Å². The van der Waals surface area contributed by atoms with E-state index in [4.69, 9.17) is 0 Å². The fourth-order valence-corrected chi connectivity index (χ4v) is 2.82. The fourth-order valence-electron chi connectivity index (χ4n) is 2.08. The van der Waals surface area contributed by atoms with E-state index in [1.54, 1.807) is 0 Å². The van der Waals surface area contributed by atoms with Gasteiger partial charge in [-0.3, -0.25) is 4.79 Å². The monoisotopic (exact) mass is 256 g/mol. The van der Waals surface area contributed by atoms with Crippen molar-refractivity contribution in [1.29, 1.82) is 0 Å². The van der Waals surface area contributed by atoms with Crippen LogP contribution < -0.4 is 14.8 Å². The molecule has 1 N–H and O–H groups in total. The molecule has 4 heteroatoms. The van der Waals surface area contributed by atoms with Crippen LogP contribution in [-0.2, 0) is 7.05 Å². The molecule has 0 radical (unpaired) electrons. The molecule has 18 heavy (non-hydrogen) atoms. The normalized spacial score (nSPS) is 12.4. The van der Waals surface area contributed by atoms with Crippen molar-refractivity contribution in [3.8, 4) is 0 Å².